The molecule has 92 valence electrons. The number of anilines is 1. The van der Waals surface area contributed by atoms with Crippen molar-refractivity contribution in [3.63, 3.8) is 0 Å². The van der Waals surface area contributed by atoms with E-state index in [1.807, 2.05) is 6.07 Å². The first-order chi connectivity index (χ1) is 8.66. The van der Waals surface area contributed by atoms with Crippen LogP contribution in [0.1, 0.15) is 11.6 Å². The number of carbonyl (C=O) groups excluding carboxylic acids is 1. The van der Waals surface area contributed by atoms with Crippen LogP contribution in [-0.2, 0) is 4.79 Å². The number of aliphatic carboxylic acids is 1. The minimum absolute atomic E-state index is 0.546. The first-order valence-corrected chi connectivity index (χ1v) is 5.82. The van der Waals surface area contributed by atoms with Crippen LogP contribution in [0.5, 0.6) is 0 Å². The number of benzene rings is 2. The number of carbonyl (C=O) groups is 1. The monoisotopic (exact) mass is 260 g/mol. The van der Waals surface area contributed by atoms with E-state index in [9.17, 15) is 9.90 Å². The summed E-state index contributed by atoms with van der Waals surface area (Å²) in [6.07, 6.45) is 0. The van der Waals surface area contributed by atoms with Crippen molar-refractivity contribution in [3.05, 3.63) is 65.2 Å². The van der Waals surface area contributed by atoms with E-state index in [1.165, 1.54) is 0 Å². The second-order valence-electron chi connectivity index (χ2n) is 3.82. The Balaban J connectivity index is 2.25. The first kappa shape index (κ1) is 12.5. The zero-order valence-electron chi connectivity index (χ0n) is 9.47. The Morgan fingerprint density at radius 3 is 2.44 bits per heavy atom. The molecular formula is C14H11ClNO2-. The van der Waals surface area contributed by atoms with E-state index >= 15 is 0 Å². The highest BCUT2D eigenvalue weighted by Crippen LogP contribution is 2.21. The summed E-state index contributed by atoms with van der Waals surface area (Å²) >= 11 is 5.85. The summed E-state index contributed by atoms with van der Waals surface area (Å²) in [7, 11) is 0. The second kappa shape index (κ2) is 5.56. The van der Waals surface area contributed by atoms with E-state index < -0.39 is 12.0 Å². The molecule has 0 aromatic heterocycles. The Morgan fingerprint density at radius 1 is 1.11 bits per heavy atom. The van der Waals surface area contributed by atoms with Gasteiger partial charge in [-0.25, -0.2) is 0 Å². The van der Waals surface area contributed by atoms with E-state index in [2.05, 4.69) is 5.32 Å². The van der Waals surface area contributed by atoms with Gasteiger partial charge >= 0.3 is 0 Å². The first-order valence-electron chi connectivity index (χ1n) is 5.45. The molecule has 0 bridgehead atoms. The summed E-state index contributed by atoms with van der Waals surface area (Å²) < 4.78 is 0. The highest BCUT2D eigenvalue weighted by Gasteiger charge is 2.12. The molecule has 1 atom stereocenters. The van der Waals surface area contributed by atoms with Gasteiger partial charge in [0.25, 0.3) is 0 Å². The van der Waals surface area contributed by atoms with Crippen LogP contribution >= 0.6 is 11.6 Å². The molecule has 0 heterocycles. The lowest BCUT2D eigenvalue weighted by atomic mass is 10.1. The van der Waals surface area contributed by atoms with Gasteiger partial charge in [0, 0.05) is 10.7 Å². The minimum atomic E-state index is -1.18. The molecular weight excluding hydrogens is 250 g/mol. The zero-order valence-corrected chi connectivity index (χ0v) is 10.2. The summed E-state index contributed by atoms with van der Waals surface area (Å²) in [6, 6.07) is 14.9. The quantitative estimate of drug-likeness (QED) is 0.917. The molecule has 0 aliphatic heterocycles. The van der Waals surface area contributed by atoms with Crippen molar-refractivity contribution in [1.82, 2.24) is 0 Å². The van der Waals surface area contributed by atoms with Crippen LogP contribution in [-0.4, -0.2) is 5.97 Å². The summed E-state index contributed by atoms with van der Waals surface area (Å²) in [5, 5.41) is 14.6. The maximum absolute atomic E-state index is 11.2. The van der Waals surface area contributed by atoms with Crippen molar-refractivity contribution in [1.29, 1.82) is 0 Å². The predicted octanol–water partition coefficient (Wildman–Crippen LogP) is 2.24. The number of hydrogen-bond acceptors (Lipinski definition) is 3. The van der Waals surface area contributed by atoms with Gasteiger partial charge < -0.3 is 15.2 Å². The van der Waals surface area contributed by atoms with Gasteiger partial charge in [-0.2, -0.15) is 0 Å². The fraction of sp³-hybridized carbons (Fsp3) is 0.0714. The largest absolute Gasteiger partial charge is 0.548 e. The SMILES string of the molecule is O=C([O-])[C@H](Nc1cccc(Cl)c1)c1ccccc1. The van der Waals surface area contributed by atoms with Crippen LogP contribution in [0.3, 0.4) is 0 Å². The summed E-state index contributed by atoms with van der Waals surface area (Å²) in [5.41, 5.74) is 1.28. The molecule has 18 heavy (non-hydrogen) atoms. The molecule has 0 unspecified atom stereocenters. The third-order valence-corrected chi connectivity index (χ3v) is 2.74. The van der Waals surface area contributed by atoms with Crippen molar-refractivity contribution in [2.45, 2.75) is 6.04 Å². The highest BCUT2D eigenvalue weighted by molar-refractivity contribution is 6.30. The lowest BCUT2D eigenvalue weighted by molar-refractivity contribution is -0.307. The molecule has 2 aromatic rings. The minimum Gasteiger partial charge on any atom is -0.548 e. The molecule has 1 N–H and O–H groups in total. The van der Waals surface area contributed by atoms with Gasteiger partial charge in [-0.05, 0) is 23.8 Å². The number of halogens is 1. The third kappa shape index (κ3) is 3.02. The van der Waals surface area contributed by atoms with Crippen molar-refractivity contribution in [2.75, 3.05) is 5.32 Å². The number of carboxylic acid groups (broad SMARTS) is 1. The van der Waals surface area contributed by atoms with Gasteiger partial charge in [0.2, 0.25) is 0 Å². The Hall–Kier alpha value is -2.00. The van der Waals surface area contributed by atoms with Gasteiger partial charge in [-0.15, -0.1) is 0 Å². The van der Waals surface area contributed by atoms with Gasteiger partial charge in [-0.1, -0.05) is 48.0 Å². The van der Waals surface area contributed by atoms with Crippen molar-refractivity contribution in [3.8, 4) is 0 Å². The maximum atomic E-state index is 11.2. The predicted molar refractivity (Wildman–Crippen MR) is 69.3 cm³/mol. The van der Waals surface area contributed by atoms with Crippen molar-refractivity contribution < 1.29 is 9.90 Å². The lowest BCUT2D eigenvalue weighted by Crippen LogP contribution is -2.34. The molecule has 0 fully saturated rings. The van der Waals surface area contributed by atoms with E-state index in [4.69, 9.17) is 11.6 Å². The van der Waals surface area contributed by atoms with E-state index in [0.717, 1.165) is 0 Å². The second-order valence-corrected chi connectivity index (χ2v) is 4.25. The molecule has 0 amide bonds. The molecule has 0 saturated heterocycles. The number of hydrogen-bond donors (Lipinski definition) is 1. The van der Waals surface area contributed by atoms with Crippen LogP contribution in [0.2, 0.25) is 5.02 Å². The van der Waals surface area contributed by atoms with Gasteiger partial charge in [0.1, 0.15) is 0 Å². The zero-order chi connectivity index (χ0) is 13.0. The molecule has 0 aliphatic carbocycles. The molecule has 0 saturated carbocycles. The Kier molecular flexibility index (Phi) is 3.85. The Labute approximate surface area is 110 Å². The third-order valence-electron chi connectivity index (χ3n) is 2.50. The molecule has 2 aromatic carbocycles. The van der Waals surface area contributed by atoms with E-state index in [-0.39, 0.29) is 0 Å². The Morgan fingerprint density at radius 2 is 1.83 bits per heavy atom. The molecule has 4 heteroatoms. The van der Waals surface area contributed by atoms with Crippen molar-refractivity contribution in [2.24, 2.45) is 0 Å². The molecule has 3 nitrogen and oxygen atoms in total. The Bertz CT molecular complexity index is 543. The van der Waals surface area contributed by atoms with Crippen molar-refractivity contribution >= 4 is 23.3 Å². The number of nitrogens with one attached hydrogen (secondary N) is 1. The molecule has 0 aliphatic rings. The highest BCUT2D eigenvalue weighted by atomic mass is 35.5. The molecule has 0 radical (unpaired) electrons. The van der Waals surface area contributed by atoms with Gasteiger partial charge in [-0.3, -0.25) is 0 Å². The van der Waals surface area contributed by atoms with Crippen LogP contribution in [0, 0.1) is 0 Å². The van der Waals surface area contributed by atoms with Crippen LogP contribution in [0.15, 0.2) is 54.6 Å². The summed E-state index contributed by atoms with van der Waals surface area (Å²) in [4.78, 5) is 11.2. The number of rotatable bonds is 4. The van der Waals surface area contributed by atoms with Crippen LogP contribution < -0.4 is 10.4 Å². The maximum Gasteiger partial charge on any atom is 0.0912 e. The topological polar surface area (TPSA) is 52.2 Å². The molecule has 0 spiro atoms. The lowest BCUT2D eigenvalue weighted by Gasteiger charge is -2.21. The molecule has 2 rings (SSSR count). The fourth-order valence-corrected chi connectivity index (χ4v) is 1.86. The van der Waals surface area contributed by atoms with Gasteiger partial charge in [0.15, 0.2) is 0 Å². The standard InChI is InChI=1S/C14H12ClNO2/c15-11-7-4-8-12(9-11)16-13(14(17)18)10-5-2-1-3-6-10/h1-9,13,16H,(H,17,18)/p-1/t13-/m1/s1. The van der Waals surface area contributed by atoms with Crippen LogP contribution in [0.25, 0.3) is 0 Å². The van der Waals surface area contributed by atoms with Crippen LogP contribution in [0.4, 0.5) is 5.69 Å². The average molecular weight is 261 g/mol. The fourth-order valence-electron chi connectivity index (χ4n) is 1.67. The number of carboxylic acids is 1. The van der Waals surface area contributed by atoms with E-state index in [1.54, 1.807) is 48.5 Å². The van der Waals surface area contributed by atoms with E-state index in [0.29, 0.717) is 16.3 Å². The smallest absolute Gasteiger partial charge is 0.0912 e. The summed E-state index contributed by atoms with van der Waals surface area (Å²) in [6.45, 7) is 0. The average Bonchev–Trinajstić information content (AvgIpc) is 2.37. The summed E-state index contributed by atoms with van der Waals surface area (Å²) in [5.74, 6) is -1.18. The van der Waals surface area contributed by atoms with Gasteiger partial charge in [0.05, 0.1) is 12.0 Å². The normalized spacial score (nSPS) is 11.8.